The standard InChI is InChI=1S/C13H15NO2/c1-14(9-12-10-16-12)13(15)8-7-11-5-3-2-4-6-11/h2-8,12H,9-10H2,1H3/b8-7+. The van der Waals surface area contributed by atoms with Gasteiger partial charge in [-0.05, 0) is 11.6 Å². The molecule has 0 radical (unpaired) electrons. The zero-order valence-corrected chi connectivity index (χ0v) is 9.30. The van der Waals surface area contributed by atoms with Crippen molar-refractivity contribution in [3.05, 3.63) is 42.0 Å². The molecule has 16 heavy (non-hydrogen) atoms. The maximum atomic E-state index is 11.7. The summed E-state index contributed by atoms with van der Waals surface area (Å²) in [6.45, 7) is 1.46. The van der Waals surface area contributed by atoms with Gasteiger partial charge in [-0.1, -0.05) is 30.3 Å². The van der Waals surface area contributed by atoms with Crippen molar-refractivity contribution in [2.24, 2.45) is 0 Å². The fourth-order valence-electron chi connectivity index (χ4n) is 1.43. The highest BCUT2D eigenvalue weighted by molar-refractivity contribution is 5.91. The van der Waals surface area contributed by atoms with Crippen molar-refractivity contribution < 1.29 is 9.53 Å². The number of carbonyl (C=O) groups excluding carboxylic acids is 1. The Morgan fingerprint density at radius 3 is 2.81 bits per heavy atom. The summed E-state index contributed by atoms with van der Waals surface area (Å²) in [4.78, 5) is 13.3. The van der Waals surface area contributed by atoms with Crippen LogP contribution in [-0.4, -0.2) is 37.1 Å². The first-order chi connectivity index (χ1) is 7.75. The van der Waals surface area contributed by atoms with Crippen molar-refractivity contribution in [3.8, 4) is 0 Å². The van der Waals surface area contributed by atoms with E-state index < -0.39 is 0 Å². The minimum absolute atomic E-state index is 0.0133. The Bertz CT molecular complexity index is 382. The van der Waals surface area contributed by atoms with Gasteiger partial charge in [0.1, 0.15) is 0 Å². The van der Waals surface area contributed by atoms with Crippen LogP contribution in [0.15, 0.2) is 36.4 Å². The number of ether oxygens (including phenoxy) is 1. The van der Waals surface area contributed by atoms with Crippen LogP contribution < -0.4 is 0 Å². The summed E-state index contributed by atoms with van der Waals surface area (Å²) >= 11 is 0. The van der Waals surface area contributed by atoms with E-state index in [-0.39, 0.29) is 12.0 Å². The molecule has 0 N–H and O–H groups in total. The number of epoxide rings is 1. The molecule has 1 saturated heterocycles. The maximum Gasteiger partial charge on any atom is 0.246 e. The van der Waals surface area contributed by atoms with Crippen molar-refractivity contribution in [1.82, 2.24) is 4.90 Å². The van der Waals surface area contributed by atoms with Crippen LogP contribution >= 0.6 is 0 Å². The van der Waals surface area contributed by atoms with Crippen LogP contribution in [0, 0.1) is 0 Å². The molecule has 1 aromatic carbocycles. The molecule has 0 aliphatic carbocycles. The molecular formula is C13H15NO2. The van der Waals surface area contributed by atoms with Crippen molar-refractivity contribution in [1.29, 1.82) is 0 Å². The van der Waals surface area contributed by atoms with E-state index in [2.05, 4.69) is 0 Å². The highest BCUT2D eigenvalue weighted by Gasteiger charge is 2.25. The lowest BCUT2D eigenvalue weighted by Crippen LogP contribution is -2.28. The molecule has 2 rings (SSSR count). The summed E-state index contributed by atoms with van der Waals surface area (Å²) in [5, 5.41) is 0. The van der Waals surface area contributed by atoms with E-state index >= 15 is 0 Å². The normalized spacial score (nSPS) is 18.7. The quantitative estimate of drug-likeness (QED) is 0.566. The lowest BCUT2D eigenvalue weighted by Gasteiger charge is -2.12. The summed E-state index contributed by atoms with van der Waals surface area (Å²) in [6, 6.07) is 9.79. The van der Waals surface area contributed by atoms with Crippen LogP contribution in [0.4, 0.5) is 0 Å². The highest BCUT2D eigenvalue weighted by atomic mass is 16.6. The third-order valence-electron chi connectivity index (χ3n) is 2.47. The summed E-state index contributed by atoms with van der Waals surface area (Å²) in [5.41, 5.74) is 1.03. The van der Waals surface area contributed by atoms with Gasteiger partial charge < -0.3 is 9.64 Å². The molecule has 1 aromatic rings. The van der Waals surface area contributed by atoms with E-state index in [0.717, 1.165) is 12.2 Å². The summed E-state index contributed by atoms with van der Waals surface area (Å²) in [5.74, 6) is 0.0133. The zero-order valence-electron chi connectivity index (χ0n) is 9.30. The zero-order chi connectivity index (χ0) is 11.4. The summed E-state index contributed by atoms with van der Waals surface area (Å²) < 4.78 is 5.07. The van der Waals surface area contributed by atoms with E-state index in [1.54, 1.807) is 18.0 Å². The molecule has 1 unspecified atom stereocenters. The molecule has 1 amide bonds. The topological polar surface area (TPSA) is 32.8 Å². The molecule has 0 aromatic heterocycles. The lowest BCUT2D eigenvalue weighted by atomic mass is 10.2. The first kappa shape index (κ1) is 10.9. The van der Waals surface area contributed by atoms with Crippen molar-refractivity contribution in [3.63, 3.8) is 0 Å². The van der Waals surface area contributed by atoms with Gasteiger partial charge in [0, 0.05) is 19.7 Å². The van der Waals surface area contributed by atoms with E-state index in [4.69, 9.17) is 4.74 Å². The van der Waals surface area contributed by atoms with Crippen molar-refractivity contribution in [2.75, 3.05) is 20.2 Å². The third-order valence-corrected chi connectivity index (χ3v) is 2.47. The molecular weight excluding hydrogens is 202 g/mol. The Hall–Kier alpha value is -1.61. The van der Waals surface area contributed by atoms with Gasteiger partial charge in [0.05, 0.1) is 12.7 Å². The molecule has 1 aliphatic heterocycles. The van der Waals surface area contributed by atoms with E-state index in [9.17, 15) is 4.79 Å². The Morgan fingerprint density at radius 2 is 2.19 bits per heavy atom. The molecule has 1 fully saturated rings. The fourth-order valence-corrected chi connectivity index (χ4v) is 1.43. The number of carbonyl (C=O) groups is 1. The minimum Gasteiger partial charge on any atom is -0.371 e. The van der Waals surface area contributed by atoms with Crippen LogP contribution in [0.2, 0.25) is 0 Å². The number of rotatable bonds is 4. The number of nitrogens with zero attached hydrogens (tertiary/aromatic N) is 1. The predicted molar refractivity (Wildman–Crippen MR) is 62.9 cm³/mol. The Balaban J connectivity index is 1.88. The molecule has 1 aliphatic rings. The smallest absolute Gasteiger partial charge is 0.246 e. The van der Waals surface area contributed by atoms with E-state index in [1.165, 1.54) is 0 Å². The Kier molecular flexibility index (Phi) is 3.37. The second-order valence-corrected chi connectivity index (χ2v) is 3.92. The monoisotopic (exact) mass is 217 g/mol. The molecule has 0 bridgehead atoms. The van der Waals surface area contributed by atoms with Crippen LogP contribution in [0.3, 0.4) is 0 Å². The van der Waals surface area contributed by atoms with E-state index in [1.807, 2.05) is 36.4 Å². The second kappa shape index (κ2) is 4.94. The lowest BCUT2D eigenvalue weighted by molar-refractivity contribution is -0.124. The number of benzene rings is 1. The van der Waals surface area contributed by atoms with Gasteiger partial charge in [-0.2, -0.15) is 0 Å². The molecule has 84 valence electrons. The van der Waals surface area contributed by atoms with Gasteiger partial charge in [0.15, 0.2) is 0 Å². The Morgan fingerprint density at radius 1 is 1.50 bits per heavy atom. The number of amides is 1. The average Bonchev–Trinajstić information content (AvgIpc) is 3.11. The average molecular weight is 217 g/mol. The summed E-state index contributed by atoms with van der Waals surface area (Å²) in [6.07, 6.45) is 3.67. The van der Waals surface area contributed by atoms with Crippen molar-refractivity contribution in [2.45, 2.75) is 6.10 Å². The highest BCUT2D eigenvalue weighted by Crippen LogP contribution is 2.10. The molecule has 0 spiro atoms. The van der Waals surface area contributed by atoms with Gasteiger partial charge >= 0.3 is 0 Å². The maximum absolute atomic E-state index is 11.7. The molecule has 1 heterocycles. The van der Waals surface area contributed by atoms with Gasteiger partial charge in [0.2, 0.25) is 5.91 Å². The second-order valence-electron chi connectivity index (χ2n) is 3.92. The van der Waals surface area contributed by atoms with E-state index in [0.29, 0.717) is 6.54 Å². The summed E-state index contributed by atoms with van der Waals surface area (Å²) in [7, 11) is 1.79. The van der Waals surface area contributed by atoms with Gasteiger partial charge in [-0.3, -0.25) is 4.79 Å². The predicted octanol–water partition coefficient (Wildman–Crippen LogP) is 1.56. The SMILES string of the molecule is CN(CC1CO1)C(=O)/C=C/c1ccccc1. The number of likely N-dealkylation sites (N-methyl/N-ethyl adjacent to an activating group) is 1. The molecule has 3 nitrogen and oxygen atoms in total. The number of hydrogen-bond acceptors (Lipinski definition) is 2. The number of hydrogen-bond donors (Lipinski definition) is 0. The van der Waals surface area contributed by atoms with Crippen LogP contribution in [0.25, 0.3) is 6.08 Å². The largest absolute Gasteiger partial charge is 0.371 e. The van der Waals surface area contributed by atoms with Crippen LogP contribution in [0.1, 0.15) is 5.56 Å². The molecule has 1 atom stereocenters. The molecule has 0 saturated carbocycles. The van der Waals surface area contributed by atoms with Crippen LogP contribution in [0.5, 0.6) is 0 Å². The molecule has 3 heteroatoms. The Labute approximate surface area is 95.3 Å². The third kappa shape index (κ3) is 3.21. The van der Waals surface area contributed by atoms with Crippen molar-refractivity contribution >= 4 is 12.0 Å². The van der Waals surface area contributed by atoms with Crippen LogP contribution in [-0.2, 0) is 9.53 Å². The van der Waals surface area contributed by atoms with Gasteiger partial charge in [-0.25, -0.2) is 0 Å². The first-order valence-corrected chi connectivity index (χ1v) is 5.35. The van der Waals surface area contributed by atoms with Gasteiger partial charge in [0.25, 0.3) is 0 Å². The van der Waals surface area contributed by atoms with Gasteiger partial charge in [-0.15, -0.1) is 0 Å². The minimum atomic E-state index is 0.0133. The first-order valence-electron chi connectivity index (χ1n) is 5.35. The fraction of sp³-hybridized carbons (Fsp3) is 0.308.